The van der Waals surface area contributed by atoms with E-state index >= 15 is 0 Å². The number of likely N-dealkylation sites (tertiary alicyclic amines) is 1. The molecule has 4 aromatic heterocycles. The van der Waals surface area contributed by atoms with Gasteiger partial charge in [0.25, 0.3) is 0 Å². The van der Waals surface area contributed by atoms with Gasteiger partial charge in [-0.2, -0.15) is 5.26 Å². The fraction of sp³-hybridized carbons (Fsp3) is 0.519. The number of nitrogen functional groups attached to an aromatic ring is 1. The Morgan fingerprint density at radius 2 is 2.08 bits per heavy atom. The van der Waals surface area contributed by atoms with Gasteiger partial charge in [-0.1, -0.05) is 5.16 Å². The number of rotatable bonds is 3. The first kappa shape index (κ1) is 22.9. The van der Waals surface area contributed by atoms with Crippen molar-refractivity contribution in [2.24, 2.45) is 0 Å². The van der Waals surface area contributed by atoms with E-state index < -0.39 is 0 Å². The lowest BCUT2D eigenvalue weighted by Crippen LogP contribution is -2.35. The van der Waals surface area contributed by atoms with E-state index in [1.54, 1.807) is 17.5 Å². The van der Waals surface area contributed by atoms with Crippen LogP contribution in [-0.4, -0.2) is 49.2 Å². The molecule has 2 aliphatic carbocycles. The van der Waals surface area contributed by atoms with E-state index in [4.69, 9.17) is 15.2 Å². The van der Waals surface area contributed by atoms with Crippen LogP contribution in [0.4, 0.5) is 5.00 Å². The first-order valence-electron chi connectivity index (χ1n) is 13.2. The van der Waals surface area contributed by atoms with Crippen molar-refractivity contribution in [1.29, 1.82) is 5.26 Å². The molecule has 10 heteroatoms. The molecule has 0 aromatic carbocycles. The second-order valence-electron chi connectivity index (χ2n) is 10.9. The topological polar surface area (TPSA) is 123 Å². The molecule has 0 radical (unpaired) electrons. The first-order valence-corrected chi connectivity index (χ1v) is 14.0. The van der Waals surface area contributed by atoms with Crippen molar-refractivity contribution < 1.29 is 4.52 Å². The molecule has 3 aliphatic rings. The van der Waals surface area contributed by atoms with Crippen molar-refractivity contribution in [3.05, 3.63) is 39.9 Å². The lowest BCUT2D eigenvalue weighted by atomic mass is 9.63. The van der Waals surface area contributed by atoms with Crippen LogP contribution in [0.2, 0.25) is 0 Å². The minimum absolute atomic E-state index is 0.254. The van der Waals surface area contributed by atoms with Gasteiger partial charge < -0.3 is 19.7 Å². The second-order valence-corrected chi connectivity index (χ2v) is 12.0. The lowest BCUT2D eigenvalue weighted by molar-refractivity contribution is 0.242. The Labute approximate surface area is 219 Å². The SMILES string of the molecule is CC(C1CCCN1C)n1cnc2cnc(-c3noc4c3CCCC43CCCc4sc(N)c(C#N)c43)nc21. The Hall–Kier alpha value is -3.29. The number of nitriles is 1. The van der Waals surface area contributed by atoms with Crippen LogP contribution < -0.4 is 5.73 Å². The van der Waals surface area contributed by atoms with Gasteiger partial charge in [-0.15, -0.1) is 11.3 Å². The molecule has 37 heavy (non-hydrogen) atoms. The molecular weight excluding hydrogens is 484 g/mol. The zero-order chi connectivity index (χ0) is 25.3. The van der Waals surface area contributed by atoms with Crippen LogP contribution in [0, 0.1) is 11.3 Å². The Balaban J connectivity index is 1.33. The van der Waals surface area contributed by atoms with E-state index in [2.05, 4.69) is 44.6 Å². The fourth-order valence-corrected chi connectivity index (χ4v) is 8.35. The van der Waals surface area contributed by atoms with Gasteiger partial charge in [0, 0.05) is 22.5 Å². The van der Waals surface area contributed by atoms with Gasteiger partial charge in [0.15, 0.2) is 22.9 Å². The zero-order valence-corrected chi connectivity index (χ0v) is 22.0. The summed E-state index contributed by atoms with van der Waals surface area (Å²) in [5.74, 6) is 1.45. The number of aromatic nitrogens is 5. The quantitative estimate of drug-likeness (QED) is 0.420. The highest BCUT2D eigenvalue weighted by Gasteiger charge is 2.48. The Bertz CT molecular complexity index is 1560. The molecule has 7 rings (SSSR count). The summed E-state index contributed by atoms with van der Waals surface area (Å²) >= 11 is 1.56. The van der Waals surface area contributed by atoms with Crippen molar-refractivity contribution >= 4 is 27.5 Å². The lowest BCUT2D eigenvalue weighted by Gasteiger charge is -2.39. The summed E-state index contributed by atoms with van der Waals surface area (Å²) in [6, 6.07) is 3.10. The third-order valence-electron chi connectivity index (χ3n) is 8.96. The number of thiophene rings is 1. The first-order chi connectivity index (χ1) is 18.0. The molecule has 1 aliphatic heterocycles. The molecule has 0 amide bonds. The van der Waals surface area contributed by atoms with Crippen molar-refractivity contribution in [2.45, 2.75) is 75.8 Å². The zero-order valence-electron chi connectivity index (χ0n) is 21.2. The molecule has 1 spiro atoms. The third kappa shape index (κ3) is 3.23. The summed E-state index contributed by atoms with van der Waals surface area (Å²) in [6.45, 7) is 3.37. The van der Waals surface area contributed by atoms with Crippen molar-refractivity contribution in [1.82, 2.24) is 29.6 Å². The summed E-state index contributed by atoms with van der Waals surface area (Å²) in [5, 5.41) is 15.1. The summed E-state index contributed by atoms with van der Waals surface area (Å²) in [5.41, 5.74) is 11.0. The average Bonchev–Trinajstić information content (AvgIpc) is 3.68. The van der Waals surface area contributed by atoms with Crippen LogP contribution in [0.25, 0.3) is 22.7 Å². The summed E-state index contributed by atoms with van der Waals surface area (Å²) in [6.07, 6.45) is 11.8. The largest absolute Gasteiger partial charge is 0.389 e. The van der Waals surface area contributed by atoms with Crippen molar-refractivity contribution in [3.63, 3.8) is 0 Å². The van der Waals surface area contributed by atoms with Gasteiger partial charge in [-0.05, 0) is 77.4 Å². The molecule has 5 heterocycles. The van der Waals surface area contributed by atoms with E-state index in [-0.39, 0.29) is 11.5 Å². The highest BCUT2D eigenvalue weighted by Crippen LogP contribution is 2.55. The fourth-order valence-electron chi connectivity index (χ4n) is 7.19. The molecular formula is C27H30N8OS. The van der Waals surface area contributed by atoms with Gasteiger partial charge in [0.05, 0.1) is 23.5 Å². The minimum atomic E-state index is -0.348. The molecule has 4 aromatic rings. The van der Waals surface area contributed by atoms with Crippen molar-refractivity contribution in [3.8, 4) is 17.6 Å². The highest BCUT2D eigenvalue weighted by atomic mass is 32.1. The van der Waals surface area contributed by atoms with Crippen molar-refractivity contribution in [2.75, 3.05) is 19.3 Å². The van der Waals surface area contributed by atoms with E-state index in [0.717, 1.165) is 73.1 Å². The van der Waals surface area contributed by atoms with Gasteiger partial charge in [-0.3, -0.25) is 0 Å². The number of hydrogen-bond donors (Lipinski definition) is 1. The third-order valence-corrected chi connectivity index (χ3v) is 10.0. The average molecular weight is 515 g/mol. The molecule has 0 saturated carbocycles. The van der Waals surface area contributed by atoms with E-state index in [9.17, 15) is 5.26 Å². The number of imidazole rings is 1. The predicted octanol–water partition coefficient (Wildman–Crippen LogP) is 4.61. The molecule has 9 nitrogen and oxygen atoms in total. The van der Waals surface area contributed by atoms with Crippen LogP contribution >= 0.6 is 11.3 Å². The van der Waals surface area contributed by atoms with Crippen LogP contribution in [0.3, 0.4) is 0 Å². The number of aryl methyl sites for hydroxylation is 1. The van der Waals surface area contributed by atoms with E-state index in [0.29, 0.717) is 28.1 Å². The number of hydrogen-bond acceptors (Lipinski definition) is 9. The maximum atomic E-state index is 9.95. The number of nitrogens with zero attached hydrogens (tertiary/aromatic N) is 7. The van der Waals surface area contributed by atoms with Crippen LogP contribution in [0.1, 0.15) is 78.8 Å². The minimum Gasteiger partial charge on any atom is -0.389 e. The highest BCUT2D eigenvalue weighted by molar-refractivity contribution is 7.16. The molecule has 2 N–H and O–H groups in total. The normalized spacial score (nSPS) is 24.3. The van der Waals surface area contributed by atoms with E-state index in [1.165, 1.54) is 17.7 Å². The van der Waals surface area contributed by atoms with Gasteiger partial charge >= 0.3 is 0 Å². The predicted molar refractivity (Wildman–Crippen MR) is 141 cm³/mol. The summed E-state index contributed by atoms with van der Waals surface area (Å²) < 4.78 is 8.34. The summed E-state index contributed by atoms with van der Waals surface area (Å²) in [7, 11) is 2.20. The molecule has 190 valence electrons. The monoisotopic (exact) mass is 514 g/mol. The van der Waals surface area contributed by atoms with Crippen LogP contribution in [-0.2, 0) is 18.3 Å². The number of anilines is 1. The Morgan fingerprint density at radius 1 is 1.24 bits per heavy atom. The van der Waals surface area contributed by atoms with E-state index in [1.807, 2.05) is 6.33 Å². The Morgan fingerprint density at radius 3 is 2.86 bits per heavy atom. The molecule has 3 unspecified atom stereocenters. The Kier molecular flexibility index (Phi) is 5.17. The molecule has 3 atom stereocenters. The maximum absolute atomic E-state index is 9.95. The molecule has 1 saturated heterocycles. The smallest absolute Gasteiger partial charge is 0.184 e. The second kappa shape index (κ2) is 8.36. The van der Waals surface area contributed by atoms with Crippen LogP contribution in [0.15, 0.2) is 17.0 Å². The van der Waals surface area contributed by atoms with Crippen LogP contribution in [0.5, 0.6) is 0 Å². The number of fused-ring (bicyclic) bond motifs is 5. The maximum Gasteiger partial charge on any atom is 0.184 e. The number of nitrogens with two attached hydrogens (primary N) is 1. The van der Waals surface area contributed by atoms with Gasteiger partial charge in [0.2, 0.25) is 0 Å². The van der Waals surface area contributed by atoms with Gasteiger partial charge in [0.1, 0.15) is 16.6 Å². The molecule has 0 bridgehead atoms. The molecule has 1 fully saturated rings. The van der Waals surface area contributed by atoms with Gasteiger partial charge in [-0.25, -0.2) is 15.0 Å². The number of likely N-dealkylation sites (N-methyl/N-ethyl adjacent to an activating group) is 1. The summed E-state index contributed by atoms with van der Waals surface area (Å²) in [4.78, 5) is 17.9. The standard InChI is InChI=1S/C27H30N8OS/c1-15(19-7-5-11-34(19)2)35-14-31-18-13-30-25(32-26(18)35)22-16-6-3-9-27(23(16)36-33-22)10-4-8-20-21(27)17(12-28)24(29)37-20/h13-15,19H,3-11,29H2,1-2H3.